The van der Waals surface area contributed by atoms with Gasteiger partial charge in [-0.2, -0.15) is 0 Å². The van der Waals surface area contributed by atoms with Gasteiger partial charge in [-0.1, -0.05) is 0 Å². The second-order valence-corrected chi connectivity index (χ2v) is 7.42. The molecule has 2 unspecified atom stereocenters. The van der Waals surface area contributed by atoms with Crippen molar-refractivity contribution in [1.82, 2.24) is 10.6 Å². The SMILES string of the molecule is CSc1ccc(N2CC(C(=O)NCCC3CCNC3)CC2=O)cc1.Cl. The molecule has 0 aliphatic carbocycles. The van der Waals surface area contributed by atoms with Crippen LogP contribution in [0.25, 0.3) is 0 Å². The van der Waals surface area contributed by atoms with Crippen molar-refractivity contribution in [3.8, 4) is 0 Å². The smallest absolute Gasteiger partial charge is 0.227 e. The monoisotopic (exact) mass is 383 g/mol. The molecule has 2 fully saturated rings. The molecular formula is C18H26ClN3O2S. The van der Waals surface area contributed by atoms with Gasteiger partial charge in [0.15, 0.2) is 0 Å². The van der Waals surface area contributed by atoms with E-state index < -0.39 is 0 Å². The minimum atomic E-state index is -0.237. The Morgan fingerprint density at radius 2 is 2.12 bits per heavy atom. The second kappa shape index (κ2) is 9.46. The standard InChI is InChI=1S/C18H25N3O2S.ClH/c1-24-16-4-2-15(3-5-16)21-12-14(10-17(21)22)18(23)20-9-7-13-6-8-19-11-13;/h2-5,13-14,19H,6-12H2,1H3,(H,20,23);1H. The van der Waals surface area contributed by atoms with Gasteiger partial charge in [-0.05, 0) is 62.4 Å². The molecule has 0 spiro atoms. The van der Waals surface area contributed by atoms with Crippen LogP contribution in [0.5, 0.6) is 0 Å². The lowest BCUT2D eigenvalue weighted by atomic mass is 10.0. The molecule has 0 bridgehead atoms. The average Bonchev–Trinajstić information content (AvgIpc) is 3.24. The fraction of sp³-hybridized carbons (Fsp3) is 0.556. The third-order valence-electron chi connectivity index (χ3n) is 4.89. The molecule has 25 heavy (non-hydrogen) atoms. The quantitative estimate of drug-likeness (QED) is 0.740. The van der Waals surface area contributed by atoms with Crippen LogP contribution in [0.2, 0.25) is 0 Å². The highest BCUT2D eigenvalue weighted by atomic mass is 35.5. The highest BCUT2D eigenvalue weighted by molar-refractivity contribution is 7.98. The summed E-state index contributed by atoms with van der Waals surface area (Å²) >= 11 is 1.67. The van der Waals surface area contributed by atoms with Crippen molar-refractivity contribution in [2.24, 2.45) is 11.8 Å². The summed E-state index contributed by atoms with van der Waals surface area (Å²) in [5.41, 5.74) is 0.880. The number of hydrogen-bond donors (Lipinski definition) is 2. The van der Waals surface area contributed by atoms with Crippen molar-refractivity contribution in [2.75, 3.05) is 37.3 Å². The van der Waals surface area contributed by atoms with E-state index in [1.807, 2.05) is 30.5 Å². The van der Waals surface area contributed by atoms with Crippen molar-refractivity contribution < 1.29 is 9.59 Å². The normalized spacial score (nSPS) is 22.8. The van der Waals surface area contributed by atoms with Crippen molar-refractivity contribution >= 4 is 41.7 Å². The molecule has 138 valence electrons. The van der Waals surface area contributed by atoms with Gasteiger partial charge in [0.1, 0.15) is 0 Å². The first-order valence-corrected chi connectivity index (χ1v) is 9.82. The molecule has 0 aromatic heterocycles. The summed E-state index contributed by atoms with van der Waals surface area (Å²) in [4.78, 5) is 27.5. The first-order chi connectivity index (χ1) is 11.7. The zero-order chi connectivity index (χ0) is 16.9. The predicted octanol–water partition coefficient (Wildman–Crippen LogP) is 2.30. The molecule has 3 rings (SSSR count). The van der Waals surface area contributed by atoms with E-state index in [1.54, 1.807) is 16.7 Å². The van der Waals surface area contributed by atoms with Gasteiger partial charge in [0, 0.05) is 30.1 Å². The third kappa shape index (κ3) is 5.12. The van der Waals surface area contributed by atoms with Crippen LogP contribution < -0.4 is 15.5 Å². The number of anilines is 1. The van der Waals surface area contributed by atoms with Gasteiger partial charge in [-0.15, -0.1) is 24.2 Å². The first kappa shape index (κ1) is 20.1. The maximum Gasteiger partial charge on any atom is 0.227 e. The summed E-state index contributed by atoms with van der Waals surface area (Å²) < 4.78 is 0. The number of halogens is 1. The Hall–Kier alpha value is -1.24. The number of carbonyl (C=O) groups is 2. The molecule has 2 amide bonds. The van der Waals surface area contributed by atoms with Crippen molar-refractivity contribution in [3.63, 3.8) is 0 Å². The molecule has 0 saturated carbocycles. The summed E-state index contributed by atoms with van der Waals surface area (Å²) in [5, 5.41) is 6.35. The van der Waals surface area contributed by atoms with Crippen molar-refractivity contribution in [3.05, 3.63) is 24.3 Å². The fourth-order valence-electron chi connectivity index (χ4n) is 3.40. The maximum absolute atomic E-state index is 12.3. The Morgan fingerprint density at radius 3 is 2.76 bits per heavy atom. The van der Waals surface area contributed by atoms with Crippen LogP contribution in [0.4, 0.5) is 5.69 Å². The lowest BCUT2D eigenvalue weighted by molar-refractivity contribution is -0.126. The highest BCUT2D eigenvalue weighted by Crippen LogP contribution is 2.27. The molecule has 2 aliphatic heterocycles. The molecule has 5 nitrogen and oxygen atoms in total. The molecular weight excluding hydrogens is 358 g/mol. The molecule has 2 saturated heterocycles. The van der Waals surface area contributed by atoms with Gasteiger partial charge in [-0.3, -0.25) is 9.59 Å². The summed E-state index contributed by atoms with van der Waals surface area (Å²) in [6.45, 7) is 3.32. The van der Waals surface area contributed by atoms with E-state index in [9.17, 15) is 9.59 Å². The van der Waals surface area contributed by atoms with E-state index in [0.29, 0.717) is 25.4 Å². The summed E-state index contributed by atoms with van der Waals surface area (Å²) in [7, 11) is 0. The van der Waals surface area contributed by atoms with E-state index >= 15 is 0 Å². The topological polar surface area (TPSA) is 61.4 Å². The van der Waals surface area contributed by atoms with Gasteiger partial charge in [0.05, 0.1) is 5.92 Å². The largest absolute Gasteiger partial charge is 0.356 e. The van der Waals surface area contributed by atoms with Gasteiger partial charge in [0.2, 0.25) is 11.8 Å². The summed E-state index contributed by atoms with van der Waals surface area (Å²) in [6, 6.07) is 7.93. The lowest BCUT2D eigenvalue weighted by Gasteiger charge is -2.17. The van der Waals surface area contributed by atoms with Crippen molar-refractivity contribution in [2.45, 2.75) is 24.2 Å². The van der Waals surface area contributed by atoms with Crippen molar-refractivity contribution in [1.29, 1.82) is 0 Å². The number of nitrogens with one attached hydrogen (secondary N) is 2. The lowest BCUT2D eigenvalue weighted by Crippen LogP contribution is -2.34. The van der Waals surface area contributed by atoms with E-state index in [1.165, 1.54) is 11.3 Å². The van der Waals surface area contributed by atoms with Crippen LogP contribution in [-0.4, -0.2) is 44.2 Å². The van der Waals surface area contributed by atoms with Gasteiger partial charge in [-0.25, -0.2) is 0 Å². The Balaban J connectivity index is 0.00000225. The van der Waals surface area contributed by atoms with E-state index in [-0.39, 0.29) is 30.1 Å². The second-order valence-electron chi connectivity index (χ2n) is 6.54. The molecule has 2 atom stereocenters. The highest BCUT2D eigenvalue weighted by Gasteiger charge is 2.35. The van der Waals surface area contributed by atoms with Gasteiger partial charge < -0.3 is 15.5 Å². The summed E-state index contributed by atoms with van der Waals surface area (Å²) in [6.07, 6.45) is 4.54. The fourth-order valence-corrected chi connectivity index (χ4v) is 3.81. The Bertz CT molecular complexity index is 590. The molecule has 0 radical (unpaired) electrons. The minimum absolute atomic E-state index is 0. The number of benzene rings is 1. The van der Waals surface area contributed by atoms with Crippen LogP contribution in [-0.2, 0) is 9.59 Å². The van der Waals surface area contributed by atoms with E-state index in [4.69, 9.17) is 0 Å². The number of hydrogen-bond acceptors (Lipinski definition) is 4. The van der Waals surface area contributed by atoms with Gasteiger partial charge >= 0.3 is 0 Å². The molecule has 7 heteroatoms. The molecule has 2 heterocycles. The molecule has 2 N–H and O–H groups in total. The van der Waals surface area contributed by atoms with Crippen LogP contribution >= 0.6 is 24.2 Å². The third-order valence-corrected chi connectivity index (χ3v) is 5.64. The summed E-state index contributed by atoms with van der Waals surface area (Å²) in [5.74, 6) is 0.478. The van der Waals surface area contributed by atoms with Crippen LogP contribution in [0.15, 0.2) is 29.2 Å². The number of carbonyl (C=O) groups excluding carboxylic acids is 2. The van der Waals surface area contributed by atoms with Gasteiger partial charge in [0.25, 0.3) is 0 Å². The number of rotatable bonds is 6. The average molecular weight is 384 g/mol. The zero-order valence-corrected chi connectivity index (χ0v) is 16.1. The Labute approximate surface area is 159 Å². The maximum atomic E-state index is 12.3. The zero-order valence-electron chi connectivity index (χ0n) is 14.5. The first-order valence-electron chi connectivity index (χ1n) is 8.60. The number of amides is 2. The number of nitrogens with zero attached hydrogens (tertiary/aromatic N) is 1. The minimum Gasteiger partial charge on any atom is -0.356 e. The van der Waals surface area contributed by atoms with E-state index in [0.717, 1.165) is 25.2 Å². The Kier molecular flexibility index (Phi) is 7.59. The molecule has 2 aliphatic rings. The van der Waals surface area contributed by atoms with Crippen LogP contribution in [0.1, 0.15) is 19.3 Å². The predicted molar refractivity (Wildman–Crippen MR) is 105 cm³/mol. The molecule has 1 aromatic carbocycles. The Morgan fingerprint density at radius 1 is 1.36 bits per heavy atom. The van der Waals surface area contributed by atoms with Crippen LogP contribution in [0, 0.1) is 11.8 Å². The number of thioether (sulfide) groups is 1. The molecule has 1 aromatic rings. The van der Waals surface area contributed by atoms with E-state index in [2.05, 4.69) is 10.6 Å². The van der Waals surface area contributed by atoms with Crippen LogP contribution in [0.3, 0.4) is 0 Å².